The fourth-order valence-corrected chi connectivity index (χ4v) is 6.55. The first-order valence-corrected chi connectivity index (χ1v) is 13.9. The molecule has 2 heterocycles. The summed E-state index contributed by atoms with van der Waals surface area (Å²) in [6.45, 7) is 6.45. The van der Waals surface area contributed by atoms with Gasteiger partial charge in [-0.2, -0.15) is 4.31 Å². The zero-order valence-corrected chi connectivity index (χ0v) is 21.9. The zero-order chi connectivity index (χ0) is 25.9. The molecule has 2 fully saturated rings. The number of benzene rings is 2. The van der Waals surface area contributed by atoms with Gasteiger partial charge < -0.3 is 15.0 Å². The maximum absolute atomic E-state index is 13.7. The smallest absolute Gasteiger partial charge is 0.410 e. The summed E-state index contributed by atoms with van der Waals surface area (Å²) in [7, 11) is -3.81. The number of carbonyl (C=O) groups is 2. The minimum Gasteiger partial charge on any atom is -0.444 e. The molecule has 2 aliphatic heterocycles. The molecule has 8 nitrogen and oxygen atoms in total. The van der Waals surface area contributed by atoms with Crippen LogP contribution >= 0.6 is 0 Å². The number of sulfonamides is 1. The Kier molecular flexibility index (Phi) is 7.70. The van der Waals surface area contributed by atoms with Crippen molar-refractivity contribution in [3.63, 3.8) is 0 Å². The monoisotopic (exact) mass is 513 g/mol. The molecule has 0 aromatic heterocycles. The number of amides is 2. The Morgan fingerprint density at radius 1 is 0.917 bits per heavy atom. The molecule has 4 rings (SSSR count). The van der Waals surface area contributed by atoms with Gasteiger partial charge >= 0.3 is 6.09 Å². The normalized spacial score (nSPS) is 23.3. The maximum Gasteiger partial charge on any atom is 0.410 e. The fourth-order valence-electron chi connectivity index (χ4n) is 4.84. The van der Waals surface area contributed by atoms with Gasteiger partial charge in [0.1, 0.15) is 5.60 Å². The zero-order valence-electron chi connectivity index (χ0n) is 21.1. The highest BCUT2D eigenvalue weighted by molar-refractivity contribution is 7.89. The SMILES string of the molecule is CC(C)(C)OC(=O)N1CC[C@H](NC(=O)[C@@H]2CC[C@H](c3ccccc3)N(S(=O)(=O)c3ccccc3)C2)C1. The molecule has 0 radical (unpaired) electrons. The van der Waals surface area contributed by atoms with Crippen LogP contribution in [0.15, 0.2) is 65.6 Å². The van der Waals surface area contributed by atoms with Gasteiger partial charge in [-0.3, -0.25) is 4.79 Å². The summed E-state index contributed by atoms with van der Waals surface area (Å²) < 4.78 is 34.2. The molecule has 3 atom stereocenters. The highest BCUT2D eigenvalue weighted by Crippen LogP contribution is 2.37. The minimum atomic E-state index is -3.81. The second kappa shape index (κ2) is 10.6. The van der Waals surface area contributed by atoms with E-state index in [1.54, 1.807) is 35.2 Å². The second-order valence-corrected chi connectivity index (χ2v) is 12.4. The van der Waals surface area contributed by atoms with Gasteiger partial charge in [-0.25, -0.2) is 13.2 Å². The Morgan fingerprint density at radius 3 is 2.19 bits per heavy atom. The fraction of sp³-hybridized carbons (Fsp3) is 0.481. The van der Waals surface area contributed by atoms with E-state index in [-0.39, 0.29) is 35.5 Å². The minimum absolute atomic E-state index is 0.102. The molecular weight excluding hydrogens is 478 g/mol. The molecule has 2 amide bonds. The van der Waals surface area contributed by atoms with Crippen LogP contribution in [0.2, 0.25) is 0 Å². The molecule has 0 aliphatic carbocycles. The van der Waals surface area contributed by atoms with E-state index in [9.17, 15) is 18.0 Å². The number of likely N-dealkylation sites (tertiary alicyclic amines) is 1. The number of carbonyl (C=O) groups excluding carboxylic acids is 2. The van der Waals surface area contributed by atoms with E-state index in [1.807, 2.05) is 51.1 Å². The molecule has 2 aromatic carbocycles. The van der Waals surface area contributed by atoms with E-state index in [2.05, 4.69) is 5.32 Å². The number of nitrogens with zero attached hydrogens (tertiary/aromatic N) is 2. The summed E-state index contributed by atoms with van der Waals surface area (Å²) in [6, 6.07) is 17.4. The van der Waals surface area contributed by atoms with Gasteiger partial charge in [0.2, 0.25) is 15.9 Å². The number of hydrogen-bond acceptors (Lipinski definition) is 5. The van der Waals surface area contributed by atoms with Crippen molar-refractivity contribution in [1.29, 1.82) is 0 Å². The summed E-state index contributed by atoms with van der Waals surface area (Å²) in [5, 5.41) is 3.05. The Balaban J connectivity index is 1.47. The first-order valence-electron chi connectivity index (χ1n) is 12.4. The molecule has 36 heavy (non-hydrogen) atoms. The van der Waals surface area contributed by atoms with Crippen molar-refractivity contribution in [2.45, 2.75) is 62.6 Å². The van der Waals surface area contributed by atoms with Gasteiger partial charge in [0.25, 0.3) is 0 Å². The lowest BCUT2D eigenvalue weighted by Crippen LogP contribution is -2.49. The van der Waals surface area contributed by atoms with Crippen LogP contribution in [0.1, 0.15) is 51.6 Å². The van der Waals surface area contributed by atoms with Gasteiger partial charge in [0.05, 0.1) is 16.9 Å². The third-order valence-corrected chi connectivity index (χ3v) is 8.52. The average Bonchev–Trinajstić information content (AvgIpc) is 3.32. The van der Waals surface area contributed by atoms with Crippen molar-refractivity contribution >= 4 is 22.0 Å². The Bertz CT molecular complexity index is 1160. The van der Waals surface area contributed by atoms with Gasteiger partial charge in [0.15, 0.2) is 0 Å². The number of ether oxygens (including phenoxy) is 1. The van der Waals surface area contributed by atoms with E-state index >= 15 is 0 Å². The molecule has 1 N–H and O–H groups in total. The molecule has 0 spiro atoms. The Labute approximate surface area is 213 Å². The van der Waals surface area contributed by atoms with E-state index in [0.717, 1.165) is 5.56 Å². The lowest BCUT2D eigenvalue weighted by molar-refractivity contribution is -0.127. The van der Waals surface area contributed by atoms with Crippen LogP contribution in [0.5, 0.6) is 0 Å². The lowest BCUT2D eigenvalue weighted by Gasteiger charge is -2.38. The van der Waals surface area contributed by atoms with Gasteiger partial charge in [-0.15, -0.1) is 0 Å². The Hall–Kier alpha value is -2.91. The molecule has 0 bridgehead atoms. The first kappa shape index (κ1) is 26.2. The highest BCUT2D eigenvalue weighted by Gasteiger charge is 2.41. The molecule has 0 saturated carbocycles. The van der Waals surface area contributed by atoms with Crippen LogP contribution in [0.25, 0.3) is 0 Å². The second-order valence-electron chi connectivity index (χ2n) is 10.5. The third-order valence-electron chi connectivity index (χ3n) is 6.63. The predicted octanol–water partition coefficient (Wildman–Crippen LogP) is 3.95. The van der Waals surface area contributed by atoms with Gasteiger partial charge in [-0.05, 0) is 57.7 Å². The van der Waals surface area contributed by atoms with Crippen molar-refractivity contribution in [3.8, 4) is 0 Å². The van der Waals surface area contributed by atoms with E-state index in [0.29, 0.717) is 32.4 Å². The number of nitrogens with one attached hydrogen (secondary N) is 1. The number of hydrogen-bond donors (Lipinski definition) is 1. The largest absolute Gasteiger partial charge is 0.444 e. The van der Waals surface area contributed by atoms with Crippen molar-refractivity contribution in [3.05, 3.63) is 66.2 Å². The molecular formula is C27H35N3O5S. The first-order chi connectivity index (χ1) is 17.0. The molecule has 2 aliphatic rings. The van der Waals surface area contributed by atoms with Crippen LogP contribution in [0, 0.1) is 5.92 Å². The predicted molar refractivity (Wildman–Crippen MR) is 137 cm³/mol. The standard InChI is InChI=1S/C27H35N3O5S/c1-27(2,3)35-26(32)29-17-16-22(19-29)28-25(31)21-14-15-24(20-10-6-4-7-11-20)30(18-21)36(33,34)23-12-8-5-9-13-23/h4-13,21-22,24H,14-19H2,1-3H3,(H,28,31)/t21-,22+,24-/m1/s1. The lowest BCUT2D eigenvalue weighted by atomic mass is 9.90. The third kappa shape index (κ3) is 6.07. The van der Waals surface area contributed by atoms with Gasteiger partial charge in [-0.1, -0.05) is 48.5 Å². The quantitative estimate of drug-likeness (QED) is 0.653. The van der Waals surface area contributed by atoms with E-state index in [4.69, 9.17) is 4.74 Å². The van der Waals surface area contributed by atoms with Crippen LogP contribution in [-0.4, -0.2) is 60.9 Å². The Morgan fingerprint density at radius 2 is 1.56 bits per heavy atom. The topological polar surface area (TPSA) is 96.0 Å². The van der Waals surface area contributed by atoms with Crippen LogP contribution in [0.3, 0.4) is 0 Å². The molecule has 2 saturated heterocycles. The molecule has 2 aromatic rings. The van der Waals surface area contributed by atoms with E-state index < -0.39 is 21.5 Å². The van der Waals surface area contributed by atoms with Crippen molar-refractivity contribution < 1.29 is 22.7 Å². The molecule has 0 unspecified atom stereocenters. The summed E-state index contributed by atoms with van der Waals surface area (Å²) in [5.41, 5.74) is 0.337. The summed E-state index contributed by atoms with van der Waals surface area (Å²) in [4.78, 5) is 27.4. The van der Waals surface area contributed by atoms with Crippen molar-refractivity contribution in [1.82, 2.24) is 14.5 Å². The van der Waals surface area contributed by atoms with E-state index in [1.165, 1.54) is 4.31 Å². The summed E-state index contributed by atoms with van der Waals surface area (Å²) >= 11 is 0. The molecule has 194 valence electrons. The van der Waals surface area contributed by atoms with Gasteiger partial charge in [0, 0.05) is 25.7 Å². The number of piperidine rings is 1. The van der Waals surface area contributed by atoms with Crippen molar-refractivity contribution in [2.75, 3.05) is 19.6 Å². The molecule has 9 heteroatoms. The summed E-state index contributed by atoms with van der Waals surface area (Å²) in [5.74, 6) is -0.648. The van der Waals surface area contributed by atoms with Crippen LogP contribution in [-0.2, 0) is 19.6 Å². The average molecular weight is 514 g/mol. The van der Waals surface area contributed by atoms with Crippen LogP contribution < -0.4 is 5.32 Å². The summed E-state index contributed by atoms with van der Waals surface area (Å²) in [6.07, 6.45) is 1.37. The van der Waals surface area contributed by atoms with Crippen LogP contribution in [0.4, 0.5) is 4.79 Å². The number of rotatable bonds is 5. The maximum atomic E-state index is 13.7. The van der Waals surface area contributed by atoms with Crippen molar-refractivity contribution in [2.24, 2.45) is 5.92 Å². The highest BCUT2D eigenvalue weighted by atomic mass is 32.2.